The van der Waals surface area contributed by atoms with Crippen molar-refractivity contribution in [2.24, 2.45) is 0 Å². The maximum atomic E-state index is 14.1. The molecule has 3 aromatic carbocycles. The lowest BCUT2D eigenvalue weighted by molar-refractivity contribution is -0.128. The molecule has 1 aromatic heterocycles. The number of carbonyl (C=O) groups excluding carboxylic acids is 3. The van der Waals surface area contributed by atoms with Crippen LogP contribution in [0.25, 0.3) is 11.0 Å². The van der Waals surface area contributed by atoms with Gasteiger partial charge >= 0.3 is 5.97 Å². The molecule has 2 amide bonds. The average molecular weight is 532 g/mol. The van der Waals surface area contributed by atoms with Crippen LogP contribution in [0.2, 0.25) is 0 Å². The molecule has 9 nitrogen and oxygen atoms in total. The fourth-order valence-electron chi connectivity index (χ4n) is 4.13. The molecule has 0 radical (unpaired) electrons. The number of anilines is 1. The van der Waals surface area contributed by atoms with E-state index < -0.39 is 35.2 Å². The molecule has 0 aliphatic rings. The van der Waals surface area contributed by atoms with Crippen molar-refractivity contribution in [3.8, 4) is 0 Å². The average Bonchev–Trinajstić information content (AvgIpc) is 3.34. The van der Waals surface area contributed by atoms with Crippen molar-refractivity contribution in [1.82, 2.24) is 20.3 Å². The van der Waals surface area contributed by atoms with E-state index in [4.69, 9.17) is 4.74 Å². The minimum Gasteiger partial charge on any atom is -0.465 e. The lowest BCUT2D eigenvalue weighted by Crippen LogP contribution is -2.51. The number of methoxy groups -OCH3 is 1. The first-order chi connectivity index (χ1) is 18.6. The quantitative estimate of drug-likeness (QED) is 0.320. The minimum absolute atomic E-state index is 0.200. The molecule has 202 valence electrons. The third-order valence-corrected chi connectivity index (χ3v) is 6.56. The summed E-state index contributed by atoms with van der Waals surface area (Å²) in [6.45, 7) is 5.44. The zero-order valence-corrected chi connectivity index (χ0v) is 22.2. The van der Waals surface area contributed by atoms with Crippen molar-refractivity contribution >= 4 is 34.5 Å². The van der Waals surface area contributed by atoms with Gasteiger partial charge in [-0.1, -0.05) is 42.5 Å². The normalized spacial score (nSPS) is 12.1. The summed E-state index contributed by atoms with van der Waals surface area (Å²) < 4.78 is 20.2. The molecule has 0 saturated heterocycles. The van der Waals surface area contributed by atoms with Crippen molar-refractivity contribution in [1.29, 1.82) is 0 Å². The summed E-state index contributed by atoms with van der Waals surface area (Å²) >= 11 is 0. The largest absolute Gasteiger partial charge is 0.465 e. The summed E-state index contributed by atoms with van der Waals surface area (Å²) in [6.07, 6.45) is 0.631. The molecule has 10 heteroatoms. The second kappa shape index (κ2) is 11.4. The first kappa shape index (κ1) is 27.4. The molecule has 1 heterocycles. The Morgan fingerprint density at radius 1 is 1.05 bits per heavy atom. The van der Waals surface area contributed by atoms with E-state index in [-0.39, 0.29) is 17.8 Å². The first-order valence-corrected chi connectivity index (χ1v) is 12.5. The Kier molecular flexibility index (Phi) is 8.04. The van der Waals surface area contributed by atoms with Crippen molar-refractivity contribution in [2.45, 2.75) is 45.3 Å². The number of rotatable bonds is 9. The number of para-hydroxylation sites is 1. The maximum absolute atomic E-state index is 14.1. The molecule has 0 saturated carbocycles. The number of nitrogens with one attached hydrogen (secondary N) is 1. The standard InChI is InChI=1S/C29H30FN5O4/c1-5-29(2,3)31-27(37)26(19-13-15-21(30)16-14-19)35(22-10-8-9-20(17-22)28(38)39-4)25(36)18-34-24-12-7-6-11-23(24)32-33-34/h6-17,26H,5,18H2,1-4H3,(H,31,37). The summed E-state index contributed by atoms with van der Waals surface area (Å²) in [6, 6.07) is 17.7. The number of hydrogen-bond donors (Lipinski definition) is 1. The SMILES string of the molecule is CCC(C)(C)NC(=O)C(c1ccc(F)cc1)N(C(=O)Cn1nnc2ccccc21)c1cccc(C(=O)OC)c1. The number of halogens is 1. The number of nitrogens with zero attached hydrogens (tertiary/aromatic N) is 4. The van der Waals surface area contributed by atoms with Gasteiger partial charge in [0.25, 0.3) is 0 Å². The van der Waals surface area contributed by atoms with Gasteiger partial charge < -0.3 is 10.1 Å². The summed E-state index contributed by atoms with van der Waals surface area (Å²) in [5, 5.41) is 11.3. The van der Waals surface area contributed by atoms with E-state index in [1.165, 1.54) is 47.0 Å². The van der Waals surface area contributed by atoms with Crippen molar-refractivity contribution in [3.63, 3.8) is 0 Å². The molecule has 0 spiro atoms. The summed E-state index contributed by atoms with van der Waals surface area (Å²) in [5.74, 6) is -2.03. The highest BCUT2D eigenvalue weighted by Gasteiger charge is 2.35. The summed E-state index contributed by atoms with van der Waals surface area (Å²) in [7, 11) is 1.26. The minimum atomic E-state index is -1.19. The fourth-order valence-corrected chi connectivity index (χ4v) is 4.13. The molecular formula is C29H30FN5O4. The number of ether oxygens (including phenoxy) is 1. The zero-order valence-electron chi connectivity index (χ0n) is 22.2. The molecular weight excluding hydrogens is 501 g/mol. The Morgan fingerprint density at radius 2 is 1.77 bits per heavy atom. The molecule has 1 N–H and O–H groups in total. The van der Waals surface area contributed by atoms with Gasteiger partial charge in [0.2, 0.25) is 11.8 Å². The highest BCUT2D eigenvalue weighted by Crippen LogP contribution is 2.30. The van der Waals surface area contributed by atoms with Gasteiger partial charge in [-0.2, -0.15) is 0 Å². The van der Waals surface area contributed by atoms with E-state index in [0.29, 0.717) is 23.0 Å². The van der Waals surface area contributed by atoms with Crippen LogP contribution < -0.4 is 10.2 Å². The Balaban J connectivity index is 1.86. The predicted octanol–water partition coefficient (Wildman–Crippen LogP) is 4.44. The Morgan fingerprint density at radius 3 is 2.46 bits per heavy atom. The third-order valence-electron chi connectivity index (χ3n) is 6.56. The monoisotopic (exact) mass is 531 g/mol. The van der Waals surface area contributed by atoms with Crippen LogP contribution in [0.15, 0.2) is 72.8 Å². The number of amides is 2. The predicted molar refractivity (Wildman–Crippen MR) is 144 cm³/mol. The lowest BCUT2D eigenvalue weighted by atomic mass is 9.98. The number of carbonyl (C=O) groups is 3. The number of fused-ring (bicyclic) bond motifs is 1. The van der Waals surface area contributed by atoms with Crippen LogP contribution in [-0.2, 0) is 20.9 Å². The van der Waals surface area contributed by atoms with Crippen LogP contribution in [0.1, 0.15) is 49.2 Å². The third kappa shape index (κ3) is 6.11. The highest BCUT2D eigenvalue weighted by atomic mass is 19.1. The van der Waals surface area contributed by atoms with Gasteiger partial charge in [-0.05, 0) is 68.3 Å². The van der Waals surface area contributed by atoms with E-state index in [2.05, 4.69) is 15.6 Å². The molecule has 0 bridgehead atoms. The molecule has 0 fully saturated rings. The molecule has 0 aliphatic carbocycles. The van der Waals surface area contributed by atoms with E-state index in [9.17, 15) is 18.8 Å². The van der Waals surface area contributed by atoms with Crippen LogP contribution in [0.5, 0.6) is 0 Å². The van der Waals surface area contributed by atoms with E-state index in [0.717, 1.165) is 0 Å². The number of esters is 1. The molecule has 4 aromatic rings. The van der Waals surface area contributed by atoms with E-state index in [1.54, 1.807) is 30.3 Å². The van der Waals surface area contributed by atoms with E-state index >= 15 is 0 Å². The molecule has 4 rings (SSSR count). The van der Waals surface area contributed by atoms with Crippen LogP contribution in [0.3, 0.4) is 0 Å². The maximum Gasteiger partial charge on any atom is 0.337 e. The molecule has 0 aliphatic heterocycles. The van der Waals surface area contributed by atoms with Gasteiger partial charge in [0.05, 0.1) is 18.2 Å². The second-order valence-corrected chi connectivity index (χ2v) is 9.72. The topological polar surface area (TPSA) is 106 Å². The highest BCUT2D eigenvalue weighted by molar-refractivity contribution is 6.02. The number of hydrogen-bond acceptors (Lipinski definition) is 6. The molecule has 1 unspecified atom stereocenters. The van der Waals surface area contributed by atoms with Gasteiger partial charge in [0.15, 0.2) is 0 Å². The molecule has 1 atom stereocenters. The second-order valence-electron chi connectivity index (χ2n) is 9.72. The van der Waals surface area contributed by atoms with Crippen molar-refractivity contribution in [2.75, 3.05) is 12.0 Å². The summed E-state index contributed by atoms with van der Waals surface area (Å²) in [4.78, 5) is 41.6. The van der Waals surface area contributed by atoms with Crippen LogP contribution in [0.4, 0.5) is 10.1 Å². The van der Waals surface area contributed by atoms with Crippen molar-refractivity contribution in [3.05, 3.63) is 89.7 Å². The van der Waals surface area contributed by atoms with Gasteiger partial charge in [-0.3, -0.25) is 14.5 Å². The zero-order chi connectivity index (χ0) is 28.2. The van der Waals surface area contributed by atoms with Crippen LogP contribution in [0, 0.1) is 5.82 Å². The Hall–Kier alpha value is -4.60. The fraction of sp³-hybridized carbons (Fsp3) is 0.276. The van der Waals surface area contributed by atoms with Crippen LogP contribution >= 0.6 is 0 Å². The Labute approximate surface area is 225 Å². The Bertz CT molecular complexity index is 1500. The molecule has 39 heavy (non-hydrogen) atoms. The summed E-state index contributed by atoms with van der Waals surface area (Å²) in [5.41, 5.74) is 1.55. The van der Waals surface area contributed by atoms with Gasteiger partial charge in [-0.15, -0.1) is 5.10 Å². The van der Waals surface area contributed by atoms with E-state index in [1.807, 2.05) is 32.9 Å². The van der Waals surface area contributed by atoms with Crippen molar-refractivity contribution < 1.29 is 23.5 Å². The van der Waals surface area contributed by atoms with Crippen LogP contribution in [-0.4, -0.2) is 45.4 Å². The lowest BCUT2D eigenvalue weighted by Gasteiger charge is -2.34. The van der Waals surface area contributed by atoms with Gasteiger partial charge in [0, 0.05) is 11.2 Å². The number of benzene rings is 3. The van der Waals surface area contributed by atoms with Gasteiger partial charge in [-0.25, -0.2) is 13.9 Å². The number of aromatic nitrogens is 3. The first-order valence-electron chi connectivity index (χ1n) is 12.5. The smallest absolute Gasteiger partial charge is 0.337 e. The van der Waals surface area contributed by atoms with Gasteiger partial charge in [0.1, 0.15) is 23.9 Å².